The quantitative estimate of drug-likeness (QED) is 0.708. The summed E-state index contributed by atoms with van der Waals surface area (Å²) in [7, 11) is 4.57. The van der Waals surface area contributed by atoms with Gasteiger partial charge in [0.25, 0.3) is 0 Å². The monoisotopic (exact) mass is 417 g/mol. The lowest BCUT2D eigenvalue weighted by atomic mass is 10.1. The van der Waals surface area contributed by atoms with Crippen LogP contribution in [0.2, 0.25) is 5.15 Å². The van der Waals surface area contributed by atoms with Crippen LogP contribution in [0.25, 0.3) is 11.1 Å². The first-order valence-corrected chi connectivity index (χ1v) is 8.20. The molecule has 1 heterocycles. The molecule has 0 atom stereocenters. The molecule has 1 aromatic carbocycles. The molecule has 6 nitrogen and oxygen atoms in total. The zero-order valence-electron chi connectivity index (χ0n) is 13.7. The van der Waals surface area contributed by atoms with Crippen molar-refractivity contribution in [2.24, 2.45) is 0 Å². The SMILES string of the molecule is CCOC(=O)c1[nH]c(Cl)c(-c2ccc(OC)c(OC)c2OC)c1Br. The van der Waals surface area contributed by atoms with Gasteiger partial charge in [-0.1, -0.05) is 11.6 Å². The Labute approximate surface area is 153 Å². The Morgan fingerprint density at radius 3 is 2.38 bits per heavy atom. The van der Waals surface area contributed by atoms with Crippen molar-refractivity contribution < 1.29 is 23.7 Å². The number of esters is 1. The van der Waals surface area contributed by atoms with E-state index >= 15 is 0 Å². The van der Waals surface area contributed by atoms with Crippen molar-refractivity contribution >= 4 is 33.5 Å². The summed E-state index contributed by atoms with van der Waals surface area (Å²) in [5.74, 6) is 0.886. The van der Waals surface area contributed by atoms with Crippen molar-refractivity contribution in [2.45, 2.75) is 6.92 Å². The highest BCUT2D eigenvalue weighted by molar-refractivity contribution is 9.10. The van der Waals surface area contributed by atoms with Crippen LogP contribution in [0.5, 0.6) is 17.2 Å². The largest absolute Gasteiger partial charge is 0.493 e. The van der Waals surface area contributed by atoms with E-state index in [1.54, 1.807) is 19.1 Å². The molecule has 0 radical (unpaired) electrons. The molecule has 2 aromatic rings. The van der Waals surface area contributed by atoms with E-state index in [0.29, 0.717) is 32.8 Å². The van der Waals surface area contributed by atoms with Gasteiger partial charge in [-0.2, -0.15) is 0 Å². The maximum atomic E-state index is 12.0. The molecule has 0 unspecified atom stereocenters. The summed E-state index contributed by atoms with van der Waals surface area (Å²) < 4.78 is 21.6. The van der Waals surface area contributed by atoms with Crippen LogP contribution in [0.1, 0.15) is 17.4 Å². The van der Waals surface area contributed by atoms with Crippen LogP contribution >= 0.6 is 27.5 Å². The maximum Gasteiger partial charge on any atom is 0.355 e. The summed E-state index contributed by atoms with van der Waals surface area (Å²) in [5, 5.41) is 0.274. The van der Waals surface area contributed by atoms with Gasteiger partial charge in [0.15, 0.2) is 11.5 Å². The fraction of sp³-hybridized carbons (Fsp3) is 0.312. The number of carbonyl (C=O) groups excluding carboxylic acids is 1. The number of carbonyl (C=O) groups is 1. The normalized spacial score (nSPS) is 10.4. The van der Waals surface area contributed by atoms with Gasteiger partial charge < -0.3 is 23.9 Å². The van der Waals surface area contributed by atoms with Crippen LogP contribution in [0.4, 0.5) is 0 Å². The number of benzene rings is 1. The molecular formula is C16H17BrClNO5. The average Bonchev–Trinajstić information content (AvgIpc) is 2.88. The summed E-state index contributed by atoms with van der Waals surface area (Å²) in [5.41, 5.74) is 1.44. The van der Waals surface area contributed by atoms with Gasteiger partial charge in [0.2, 0.25) is 5.75 Å². The lowest BCUT2D eigenvalue weighted by molar-refractivity contribution is 0.0519. The second-order valence-corrected chi connectivity index (χ2v) is 5.78. The molecule has 0 aliphatic carbocycles. The lowest BCUT2D eigenvalue weighted by Gasteiger charge is -2.15. The van der Waals surface area contributed by atoms with Gasteiger partial charge in [-0.05, 0) is 35.0 Å². The predicted octanol–water partition coefficient (Wildman–Crippen LogP) is 4.30. The van der Waals surface area contributed by atoms with Crippen LogP contribution < -0.4 is 14.2 Å². The van der Waals surface area contributed by atoms with Crippen LogP contribution in [0, 0.1) is 0 Å². The third kappa shape index (κ3) is 3.18. The predicted molar refractivity (Wildman–Crippen MR) is 94.6 cm³/mol. The van der Waals surface area contributed by atoms with Crippen molar-refractivity contribution in [1.29, 1.82) is 0 Å². The maximum absolute atomic E-state index is 12.0. The average molecular weight is 419 g/mol. The number of rotatable bonds is 6. The van der Waals surface area contributed by atoms with Crippen LogP contribution in [-0.4, -0.2) is 38.9 Å². The Balaban J connectivity index is 2.67. The smallest absolute Gasteiger partial charge is 0.355 e. The van der Waals surface area contributed by atoms with Gasteiger partial charge in [-0.25, -0.2) is 4.79 Å². The minimum absolute atomic E-state index is 0.230. The number of hydrogen-bond donors (Lipinski definition) is 1. The number of aromatic nitrogens is 1. The summed E-state index contributed by atoms with van der Waals surface area (Å²) in [4.78, 5) is 14.9. The first-order chi connectivity index (χ1) is 11.5. The molecule has 0 saturated carbocycles. The fourth-order valence-corrected chi connectivity index (χ4v) is 3.40. The van der Waals surface area contributed by atoms with Gasteiger partial charge in [0, 0.05) is 11.1 Å². The second kappa shape index (κ2) is 7.81. The third-order valence-electron chi connectivity index (χ3n) is 3.35. The standard InChI is InChI=1S/C16H17BrClNO5/c1-5-24-16(20)12-11(17)10(15(18)19-12)8-6-7-9(21-2)14(23-4)13(8)22-3/h6-7,19H,5H2,1-4H3. The zero-order chi connectivity index (χ0) is 17.9. The number of methoxy groups -OCH3 is 3. The van der Waals surface area contributed by atoms with E-state index in [2.05, 4.69) is 20.9 Å². The molecule has 0 bridgehead atoms. The van der Waals surface area contributed by atoms with Crippen molar-refractivity contribution in [2.75, 3.05) is 27.9 Å². The van der Waals surface area contributed by atoms with Crippen LogP contribution in [0.3, 0.4) is 0 Å². The third-order valence-corrected chi connectivity index (χ3v) is 4.42. The molecule has 130 valence electrons. The molecule has 8 heteroatoms. The summed E-state index contributed by atoms with van der Waals surface area (Å²) in [6.07, 6.45) is 0. The fourth-order valence-electron chi connectivity index (χ4n) is 2.33. The van der Waals surface area contributed by atoms with E-state index in [0.717, 1.165) is 0 Å². The van der Waals surface area contributed by atoms with Gasteiger partial charge >= 0.3 is 5.97 Å². The lowest BCUT2D eigenvalue weighted by Crippen LogP contribution is -2.05. The first kappa shape index (κ1) is 18.5. The zero-order valence-corrected chi connectivity index (χ0v) is 16.0. The minimum atomic E-state index is -0.503. The molecule has 24 heavy (non-hydrogen) atoms. The van der Waals surface area contributed by atoms with E-state index in [4.69, 9.17) is 30.5 Å². The summed E-state index contributed by atoms with van der Waals surface area (Å²) in [6, 6.07) is 3.51. The Hall–Kier alpha value is -1.86. The Bertz CT molecular complexity index is 759. The van der Waals surface area contributed by atoms with E-state index in [-0.39, 0.29) is 17.5 Å². The second-order valence-electron chi connectivity index (χ2n) is 4.61. The number of aromatic amines is 1. The Kier molecular flexibility index (Phi) is 6.01. The Morgan fingerprint density at radius 2 is 1.83 bits per heavy atom. The van der Waals surface area contributed by atoms with Crippen molar-refractivity contribution in [3.8, 4) is 28.4 Å². The molecule has 0 spiro atoms. The molecule has 0 amide bonds. The first-order valence-electron chi connectivity index (χ1n) is 7.03. The van der Waals surface area contributed by atoms with Crippen molar-refractivity contribution in [1.82, 2.24) is 4.98 Å². The summed E-state index contributed by atoms with van der Waals surface area (Å²) >= 11 is 9.72. The molecule has 1 aromatic heterocycles. The van der Waals surface area contributed by atoms with E-state index in [1.807, 2.05) is 0 Å². The summed E-state index contributed by atoms with van der Waals surface area (Å²) in [6.45, 7) is 1.99. The number of ether oxygens (including phenoxy) is 4. The van der Waals surface area contributed by atoms with E-state index < -0.39 is 5.97 Å². The minimum Gasteiger partial charge on any atom is -0.493 e. The van der Waals surface area contributed by atoms with E-state index in [9.17, 15) is 4.79 Å². The highest BCUT2D eigenvalue weighted by Crippen LogP contribution is 2.48. The van der Waals surface area contributed by atoms with Crippen molar-refractivity contribution in [3.63, 3.8) is 0 Å². The molecule has 0 fully saturated rings. The molecule has 0 aliphatic heterocycles. The molecule has 2 rings (SSSR count). The van der Waals surface area contributed by atoms with Crippen LogP contribution in [-0.2, 0) is 4.74 Å². The van der Waals surface area contributed by atoms with Gasteiger partial charge in [0.05, 0.1) is 32.4 Å². The van der Waals surface area contributed by atoms with Crippen LogP contribution in [0.15, 0.2) is 16.6 Å². The molecule has 0 aliphatic rings. The highest BCUT2D eigenvalue weighted by atomic mass is 79.9. The molecular weight excluding hydrogens is 402 g/mol. The van der Waals surface area contributed by atoms with Gasteiger partial charge in [-0.3, -0.25) is 0 Å². The highest BCUT2D eigenvalue weighted by Gasteiger charge is 2.26. The van der Waals surface area contributed by atoms with Gasteiger partial charge in [-0.15, -0.1) is 0 Å². The number of halogens is 2. The number of nitrogens with one attached hydrogen (secondary N) is 1. The number of hydrogen-bond acceptors (Lipinski definition) is 5. The molecule has 0 saturated heterocycles. The van der Waals surface area contributed by atoms with Gasteiger partial charge in [0.1, 0.15) is 10.8 Å². The van der Waals surface area contributed by atoms with Crippen molar-refractivity contribution in [3.05, 3.63) is 27.5 Å². The topological polar surface area (TPSA) is 69.8 Å². The Morgan fingerprint density at radius 1 is 1.17 bits per heavy atom. The number of H-pyrrole nitrogens is 1. The van der Waals surface area contributed by atoms with E-state index in [1.165, 1.54) is 21.3 Å². The molecule has 1 N–H and O–H groups in total.